The molecule has 0 spiro atoms. The van der Waals surface area contributed by atoms with Crippen molar-refractivity contribution in [3.05, 3.63) is 41.0 Å². The Hall–Kier alpha value is -1.09. The number of halogens is 1. The van der Waals surface area contributed by atoms with E-state index in [2.05, 4.69) is 15.9 Å². The van der Waals surface area contributed by atoms with Gasteiger partial charge in [-0.1, -0.05) is 18.2 Å². The fourth-order valence-corrected chi connectivity index (χ4v) is 1.45. The molecule has 0 unspecified atom stereocenters. The highest BCUT2D eigenvalue weighted by molar-refractivity contribution is 9.12. The maximum Gasteiger partial charge on any atom is 0.270 e. The molecule has 0 aromatic heterocycles. The molecule has 0 aliphatic carbocycles. The van der Waals surface area contributed by atoms with Crippen molar-refractivity contribution < 1.29 is 4.79 Å². The summed E-state index contributed by atoms with van der Waals surface area (Å²) < 4.78 is 0.631. The number of para-hydroxylation sites is 1. The van der Waals surface area contributed by atoms with Gasteiger partial charge in [-0.2, -0.15) is 0 Å². The van der Waals surface area contributed by atoms with Crippen LogP contribution in [0, 0.1) is 0 Å². The molecule has 12 heavy (non-hydrogen) atoms. The van der Waals surface area contributed by atoms with Gasteiger partial charge in [0.05, 0.1) is 4.48 Å². The van der Waals surface area contributed by atoms with Crippen LogP contribution < -0.4 is 4.90 Å². The first-order chi connectivity index (χ1) is 5.79. The van der Waals surface area contributed by atoms with E-state index in [1.165, 1.54) is 0 Å². The molecule has 0 fully saturated rings. The van der Waals surface area contributed by atoms with Crippen LogP contribution in [0.5, 0.6) is 0 Å². The number of benzene rings is 1. The van der Waals surface area contributed by atoms with Crippen LogP contribution in [0.4, 0.5) is 5.69 Å². The van der Waals surface area contributed by atoms with Crippen molar-refractivity contribution in [2.24, 2.45) is 0 Å². The normalized spacial score (nSPS) is 15.6. The minimum atomic E-state index is 0.0150. The molecule has 0 saturated heterocycles. The van der Waals surface area contributed by atoms with Crippen LogP contribution in [0.25, 0.3) is 0 Å². The van der Waals surface area contributed by atoms with Crippen LogP contribution in [0.1, 0.15) is 0 Å². The summed E-state index contributed by atoms with van der Waals surface area (Å²) in [5.41, 5.74) is 0.908. The van der Waals surface area contributed by atoms with Crippen molar-refractivity contribution in [1.82, 2.24) is 0 Å². The minimum Gasteiger partial charge on any atom is -0.282 e. The number of rotatable bonds is 1. The number of hydrogen-bond donors (Lipinski definition) is 0. The molecule has 1 aromatic carbocycles. The smallest absolute Gasteiger partial charge is 0.270 e. The highest BCUT2D eigenvalue weighted by Crippen LogP contribution is 2.27. The van der Waals surface area contributed by atoms with Gasteiger partial charge in [-0.05, 0) is 28.1 Å². The van der Waals surface area contributed by atoms with Gasteiger partial charge in [-0.3, -0.25) is 9.69 Å². The topological polar surface area (TPSA) is 20.3 Å². The summed E-state index contributed by atoms with van der Waals surface area (Å²) in [5.74, 6) is 0.0150. The number of anilines is 1. The maximum atomic E-state index is 11.2. The zero-order valence-corrected chi connectivity index (χ0v) is 7.78. The van der Waals surface area contributed by atoms with E-state index in [-0.39, 0.29) is 5.91 Å². The van der Waals surface area contributed by atoms with Gasteiger partial charge in [0.2, 0.25) is 0 Å². The lowest BCUT2D eigenvalue weighted by molar-refractivity contribution is -0.115. The Morgan fingerprint density at radius 3 is 2.33 bits per heavy atom. The Morgan fingerprint density at radius 1 is 1.17 bits per heavy atom. The summed E-state index contributed by atoms with van der Waals surface area (Å²) in [6, 6.07) is 9.53. The average molecular weight is 224 g/mol. The quantitative estimate of drug-likeness (QED) is 0.716. The fraction of sp³-hybridized carbons (Fsp3) is 0. The van der Waals surface area contributed by atoms with Gasteiger partial charge in [-0.15, -0.1) is 0 Å². The summed E-state index contributed by atoms with van der Waals surface area (Å²) in [5, 5.41) is 0. The summed E-state index contributed by atoms with van der Waals surface area (Å²) >= 11 is 3.13. The van der Waals surface area contributed by atoms with E-state index in [9.17, 15) is 4.79 Å². The zero-order valence-electron chi connectivity index (χ0n) is 6.20. The predicted octanol–water partition coefficient (Wildman–Crippen LogP) is 2.27. The molecule has 2 rings (SSSR count). The molecule has 2 nitrogen and oxygen atoms in total. The van der Waals surface area contributed by atoms with E-state index < -0.39 is 0 Å². The van der Waals surface area contributed by atoms with E-state index in [4.69, 9.17) is 0 Å². The van der Waals surface area contributed by atoms with E-state index >= 15 is 0 Å². The first-order valence-corrected chi connectivity index (χ1v) is 4.34. The Kier molecular flexibility index (Phi) is 1.73. The highest BCUT2D eigenvalue weighted by atomic mass is 79.9. The van der Waals surface area contributed by atoms with Gasteiger partial charge in [0.25, 0.3) is 5.91 Å². The molecule has 1 aromatic rings. The number of carbonyl (C=O) groups is 1. The number of nitrogens with zero attached hydrogens (tertiary/aromatic N) is 1. The SMILES string of the molecule is O=C1C(Br)=CN1c1ccccc1. The van der Waals surface area contributed by atoms with Crippen molar-refractivity contribution in [3.63, 3.8) is 0 Å². The number of carbonyl (C=O) groups excluding carboxylic acids is 1. The van der Waals surface area contributed by atoms with Crippen molar-refractivity contribution >= 4 is 27.5 Å². The van der Waals surface area contributed by atoms with Crippen LogP contribution in [0.15, 0.2) is 41.0 Å². The summed E-state index contributed by atoms with van der Waals surface area (Å²) in [6.07, 6.45) is 1.76. The van der Waals surface area contributed by atoms with Gasteiger partial charge < -0.3 is 0 Å². The molecular formula is C9H6BrNO. The van der Waals surface area contributed by atoms with Crippen LogP contribution in [0.3, 0.4) is 0 Å². The first-order valence-electron chi connectivity index (χ1n) is 3.55. The number of hydrogen-bond acceptors (Lipinski definition) is 1. The fourth-order valence-electron chi connectivity index (χ4n) is 1.06. The van der Waals surface area contributed by atoms with Crippen molar-refractivity contribution in [3.8, 4) is 0 Å². The first kappa shape index (κ1) is 7.55. The second kappa shape index (κ2) is 2.75. The molecule has 3 heteroatoms. The Morgan fingerprint density at radius 2 is 1.83 bits per heavy atom. The summed E-state index contributed by atoms with van der Waals surface area (Å²) in [6.45, 7) is 0. The third kappa shape index (κ3) is 1.06. The molecule has 1 aliphatic rings. The third-order valence-corrected chi connectivity index (χ3v) is 2.24. The predicted molar refractivity (Wildman–Crippen MR) is 50.9 cm³/mol. The Labute approximate surface area is 78.6 Å². The molecule has 0 saturated carbocycles. The van der Waals surface area contributed by atoms with Crippen LogP contribution in [-0.4, -0.2) is 5.91 Å². The average Bonchev–Trinajstić information content (AvgIpc) is 2.15. The highest BCUT2D eigenvalue weighted by Gasteiger charge is 2.25. The lowest BCUT2D eigenvalue weighted by atomic mass is 10.2. The van der Waals surface area contributed by atoms with Crippen LogP contribution in [-0.2, 0) is 4.79 Å². The minimum absolute atomic E-state index is 0.0150. The molecule has 1 aliphatic heterocycles. The molecule has 0 N–H and O–H groups in total. The molecule has 0 atom stereocenters. The summed E-state index contributed by atoms with van der Waals surface area (Å²) in [4.78, 5) is 12.8. The molecule has 1 heterocycles. The molecule has 0 radical (unpaired) electrons. The van der Waals surface area contributed by atoms with E-state index in [1.54, 1.807) is 11.1 Å². The largest absolute Gasteiger partial charge is 0.282 e. The van der Waals surface area contributed by atoms with Gasteiger partial charge in [0.1, 0.15) is 0 Å². The van der Waals surface area contributed by atoms with Gasteiger partial charge >= 0.3 is 0 Å². The summed E-state index contributed by atoms with van der Waals surface area (Å²) in [7, 11) is 0. The van der Waals surface area contributed by atoms with Gasteiger partial charge in [0.15, 0.2) is 0 Å². The second-order valence-corrected chi connectivity index (χ2v) is 3.34. The monoisotopic (exact) mass is 223 g/mol. The van der Waals surface area contributed by atoms with E-state index in [0.29, 0.717) is 4.48 Å². The lowest BCUT2D eigenvalue weighted by Gasteiger charge is -2.25. The Bertz CT molecular complexity index is 345. The number of amides is 1. The second-order valence-electron chi connectivity index (χ2n) is 2.49. The molecule has 60 valence electrons. The van der Waals surface area contributed by atoms with Gasteiger partial charge in [0, 0.05) is 11.9 Å². The van der Waals surface area contributed by atoms with Crippen molar-refractivity contribution in [2.45, 2.75) is 0 Å². The molecule has 1 amide bonds. The Balaban J connectivity index is 2.31. The van der Waals surface area contributed by atoms with Crippen molar-refractivity contribution in [1.29, 1.82) is 0 Å². The third-order valence-electron chi connectivity index (χ3n) is 1.70. The van der Waals surface area contributed by atoms with Crippen molar-refractivity contribution in [2.75, 3.05) is 4.90 Å². The van der Waals surface area contributed by atoms with Crippen LogP contribution >= 0.6 is 15.9 Å². The van der Waals surface area contributed by atoms with E-state index in [1.807, 2.05) is 30.3 Å². The lowest BCUT2D eigenvalue weighted by Crippen LogP contribution is -2.33. The zero-order chi connectivity index (χ0) is 8.55. The van der Waals surface area contributed by atoms with Gasteiger partial charge in [-0.25, -0.2) is 0 Å². The standard InChI is InChI=1S/C9H6BrNO/c10-8-6-11(9(8)12)7-4-2-1-3-5-7/h1-6H. The maximum absolute atomic E-state index is 11.2. The van der Waals surface area contributed by atoms with E-state index in [0.717, 1.165) is 5.69 Å². The molecular weight excluding hydrogens is 218 g/mol. The van der Waals surface area contributed by atoms with Crippen LogP contribution in [0.2, 0.25) is 0 Å². The molecule has 0 bridgehead atoms.